The summed E-state index contributed by atoms with van der Waals surface area (Å²) in [7, 11) is 1.45. The van der Waals surface area contributed by atoms with E-state index in [4.69, 9.17) is 5.11 Å². The van der Waals surface area contributed by atoms with Crippen LogP contribution in [0.5, 0.6) is 0 Å². The molecular weight excluding hydrogens is 644 g/mol. The number of amides is 2. The summed E-state index contributed by atoms with van der Waals surface area (Å²) in [4.78, 5) is 32.9. The standard InChI is InChI=1S/C10H16N2O4.3HI.V/c1-5(6(2)10(15)16)8(13)12-7(3)9(14)11-4;;;;/h5,7H,2H2,1,3-4H3,(H,11,14)(H,12,13)(H,15,16);3*1H;/q;;;;+3/p-3. The third-order valence-corrected chi connectivity index (χ3v) is 2.19. The molecular formula is C10H16I3N2O4V. The number of nitrogens with one attached hydrogen (secondary N) is 2. The first-order valence-corrected chi connectivity index (χ1v) is 18.8. The molecule has 0 saturated heterocycles. The molecule has 0 bridgehead atoms. The Labute approximate surface area is 156 Å². The molecule has 2 amide bonds. The summed E-state index contributed by atoms with van der Waals surface area (Å²) in [5.74, 6) is -2.98. The van der Waals surface area contributed by atoms with Gasteiger partial charge in [-0.1, -0.05) is 6.58 Å². The molecule has 2 atom stereocenters. The average Bonchev–Trinajstić information content (AvgIpc) is 2.34. The van der Waals surface area contributed by atoms with Crippen molar-refractivity contribution in [3.05, 3.63) is 12.2 Å². The zero-order valence-corrected chi connectivity index (χ0v) is 19.0. The van der Waals surface area contributed by atoms with E-state index in [0.29, 0.717) is 0 Å². The van der Waals surface area contributed by atoms with Gasteiger partial charge in [-0.25, -0.2) is 4.79 Å². The number of hydrogen-bond acceptors (Lipinski definition) is 3. The van der Waals surface area contributed by atoms with Crippen molar-refractivity contribution in [1.29, 1.82) is 0 Å². The Morgan fingerprint density at radius 1 is 1.15 bits per heavy atom. The van der Waals surface area contributed by atoms with Gasteiger partial charge < -0.3 is 15.7 Å². The second-order valence-corrected chi connectivity index (χ2v) is 39.0. The minimum atomic E-state index is -1.23. The van der Waals surface area contributed by atoms with Crippen molar-refractivity contribution in [2.75, 3.05) is 7.05 Å². The molecule has 0 aliphatic heterocycles. The monoisotopic (exact) mass is 660 g/mol. The fraction of sp³-hybridized carbons (Fsp3) is 0.500. The second kappa shape index (κ2) is 12.5. The zero-order chi connectivity index (χ0) is 16.5. The Bertz CT molecular complexity index is 377. The van der Waals surface area contributed by atoms with E-state index in [1.165, 1.54) is 20.9 Å². The van der Waals surface area contributed by atoms with E-state index < -0.39 is 23.8 Å². The molecule has 3 N–H and O–H groups in total. The molecule has 20 heavy (non-hydrogen) atoms. The number of halogens is 3. The molecule has 116 valence electrons. The van der Waals surface area contributed by atoms with E-state index in [1.807, 2.05) is 0 Å². The maximum absolute atomic E-state index is 11.5. The van der Waals surface area contributed by atoms with Crippen LogP contribution in [-0.2, 0) is 19.3 Å². The second-order valence-electron chi connectivity index (χ2n) is 3.59. The van der Waals surface area contributed by atoms with Crippen molar-refractivity contribution >= 4 is 77.7 Å². The third kappa shape index (κ3) is 11.6. The molecule has 0 aromatic heterocycles. The number of rotatable bonds is 5. The van der Waals surface area contributed by atoms with E-state index in [9.17, 15) is 14.4 Å². The Kier molecular flexibility index (Phi) is 14.5. The molecule has 6 nitrogen and oxygen atoms in total. The summed E-state index contributed by atoms with van der Waals surface area (Å²) in [6.07, 6.45) is 0. The summed E-state index contributed by atoms with van der Waals surface area (Å²) in [6, 6.07) is -0.707. The van der Waals surface area contributed by atoms with E-state index in [1.54, 1.807) is 0 Å². The van der Waals surface area contributed by atoms with Gasteiger partial charge in [-0.05, 0) is 13.8 Å². The van der Waals surface area contributed by atoms with Crippen LogP contribution in [0.2, 0.25) is 0 Å². The maximum atomic E-state index is 11.5. The van der Waals surface area contributed by atoms with E-state index in [2.05, 4.69) is 77.1 Å². The Balaban J connectivity index is 0. The summed E-state index contributed by atoms with van der Waals surface area (Å²) in [6.45, 7) is 6.21. The van der Waals surface area contributed by atoms with Gasteiger partial charge in [-0.2, -0.15) is 0 Å². The van der Waals surface area contributed by atoms with Crippen LogP contribution in [-0.4, -0.2) is 36.0 Å². The number of hydrogen-bond donors (Lipinski definition) is 3. The fourth-order valence-electron chi connectivity index (χ4n) is 0.964. The summed E-state index contributed by atoms with van der Waals surface area (Å²) in [5.41, 5.74) is -0.207. The fourth-order valence-corrected chi connectivity index (χ4v) is 0.964. The Hall–Kier alpha value is 0.924. The first-order valence-electron chi connectivity index (χ1n) is 5.26. The molecule has 0 rings (SSSR count). The topological polar surface area (TPSA) is 95.5 Å². The van der Waals surface area contributed by atoms with E-state index in [-0.39, 0.29) is 16.4 Å². The predicted molar refractivity (Wildman–Crippen MR) is 99.7 cm³/mol. The number of carbonyl (C=O) groups is 3. The normalized spacial score (nSPS) is 12.6. The molecule has 0 aliphatic rings. The van der Waals surface area contributed by atoms with Crippen LogP contribution >= 0.6 is 59.9 Å². The van der Waals surface area contributed by atoms with Crippen LogP contribution in [0.1, 0.15) is 13.8 Å². The van der Waals surface area contributed by atoms with Crippen molar-refractivity contribution in [2.24, 2.45) is 5.92 Å². The summed E-state index contributed by atoms with van der Waals surface area (Å²) in [5, 5.41) is 13.4. The molecule has 0 spiro atoms. The van der Waals surface area contributed by atoms with Gasteiger partial charge >= 0.3 is 70.8 Å². The first kappa shape index (κ1) is 23.2. The number of carbonyl (C=O) groups excluding carboxylic acids is 2. The molecule has 10 heteroatoms. The third-order valence-electron chi connectivity index (χ3n) is 2.19. The van der Waals surface area contributed by atoms with E-state index in [0.717, 1.165) is 0 Å². The van der Waals surface area contributed by atoms with Crippen LogP contribution in [0.25, 0.3) is 0 Å². The zero-order valence-electron chi connectivity index (χ0n) is 11.1. The van der Waals surface area contributed by atoms with Crippen molar-refractivity contribution < 1.29 is 24.4 Å². The van der Waals surface area contributed by atoms with E-state index >= 15 is 0 Å². The number of carboxylic acids is 1. The van der Waals surface area contributed by atoms with Crippen LogP contribution in [0.3, 0.4) is 0 Å². The van der Waals surface area contributed by atoms with Crippen LogP contribution in [0.15, 0.2) is 12.2 Å². The number of carboxylic acid groups (broad SMARTS) is 1. The molecule has 0 radical (unpaired) electrons. The number of aliphatic carboxylic acids is 1. The van der Waals surface area contributed by atoms with Crippen LogP contribution in [0.4, 0.5) is 0 Å². The molecule has 0 aromatic carbocycles. The van der Waals surface area contributed by atoms with Crippen LogP contribution in [0, 0.1) is 5.92 Å². The van der Waals surface area contributed by atoms with Gasteiger partial charge in [0, 0.05) is 12.6 Å². The molecule has 0 saturated carbocycles. The molecule has 0 aromatic rings. The molecule has 2 unspecified atom stereocenters. The Morgan fingerprint density at radius 2 is 1.55 bits per heavy atom. The van der Waals surface area contributed by atoms with Gasteiger partial charge in [-0.3, -0.25) is 9.59 Å². The van der Waals surface area contributed by atoms with Crippen LogP contribution < -0.4 is 10.6 Å². The van der Waals surface area contributed by atoms with Crippen molar-refractivity contribution in [3.63, 3.8) is 0 Å². The van der Waals surface area contributed by atoms with Crippen molar-refractivity contribution in [3.8, 4) is 0 Å². The minimum absolute atomic E-state index is 0.207. The van der Waals surface area contributed by atoms with Crippen molar-refractivity contribution in [1.82, 2.24) is 10.6 Å². The SMILES string of the molecule is C=C(C(=O)O)C(C)C(=O)NC(C)C(=O)NC.[I][V]([I])[I]. The molecule has 0 fully saturated rings. The summed E-state index contributed by atoms with van der Waals surface area (Å²) < 4.78 is 0. The quantitative estimate of drug-likeness (QED) is 0.312. The summed E-state index contributed by atoms with van der Waals surface area (Å²) >= 11 is 7.39. The van der Waals surface area contributed by atoms with Gasteiger partial charge in [0.05, 0.1) is 5.92 Å². The van der Waals surface area contributed by atoms with Gasteiger partial charge in [0.25, 0.3) is 0 Å². The number of likely N-dealkylation sites (N-methyl/N-ethyl adjacent to an activating group) is 1. The van der Waals surface area contributed by atoms with Crippen molar-refractivity contribution in [2.45, 2.75) is 19.9 Å². The first-order chi connectivity index (χ1) is 9.04. The van der Waals surface area contributed by atoms with Gasteiger partial charge in [0.2, 0.25) is 11.8 Å². The molecule has 0 heterocycles. The molecule has 0 aliphatic carbocycles. The predicted octanol–water partition coefficient (Wildman–Crippen LogP) is 2.17. The average molecular weight is 660 g/mol. The van der Waals surface area contributed by atoms with Gasteiger partial charge in [0.15, 0.2) is 0 Å². The van der Waals surface area contributed by atoms with Gasteiger partial charge in [-0.15, -0.1) is 0 Å². The van der Waals surface area contributed by atoms with Gasteiger partial charge in [0.1, 0.15) is 6.04 Å². The Morgan fingerprint density at radius 3 is 1.85 bits per heavy atom.